The summed E-state index contributed by atoms with van der Waals surface area (Å²) in [6.45, 7) is -0.266. The van der Waals surface area contributed by atoms with E-state index in [2.05, 4.69) is 15.8 Å². The molecule has 190 valence electrons. The summed E-state index contributed by atoms with van der Waals surface area (Å²) in [5.41, 5.74) is 4.62. The smallest absolute Gasteiger partial charge is 0.343 e. The van der Waals surface area contributed by atoms with E-state index in [9.17, 15) is 18.8 Å². The van der Waals surface area contributed by atoms with Gasteiger partial charge in [0.15, 0.2) is 0 Å². The van der Waals surface area contributed by atoms with Gasteiger partial charge in [0.2, 0.25) is 5.91 Å². The molecule has 0 saturated carbocycles. The van der Waals surface area contributed by atoms with E-state index in [4.69, 9.17) is 4.74 Å². The van der Waals surface area contributed by atoms with Crippen molar-refractivity contribution in [1.82, 2.24) is 10.7 Å². The van der Waals surface area contributed by atoms with Gasteiger partial charge in [-0.2, -0.15) is 5.10 Å². The Labute approximate surface area is 219 Å². The molecule has 0 heterocycles. The number of nitrogens with zero attached hydrogens (tertiary/aromatic N) is 1. The molecule has 7 nitrogen and oxygen atoms in total. The number of esters is 1. The molecule has 0 aliphatic rings. The van der Waals surface area contributed by atoms with Crippen molar-refractivity contribution < 1.29 is 23.5 Å². The van der Waals surface area contributed by atoms with Crippen molar-refractivity contribution in [2.45, 2.75) is 5.92 Å². The number of ether oxygens (including phenoxy) is 1. The van der Waals surface area contributed by atoms with E-state index in [1.165, 1.54) is 24.4 Å². The number of hydrazone groups is 1. The predicted molar refractivity (Wildman–Crippen MR) is 141 cm³/mol. The van der Waals surface area contributed by atoms with Gasteiger partial charge in [-0.25, -0.2) is 14.6 Å². The van der Waals surface area contributed by atoms with Crippen molar-refractivity contribution in [2.24, 2.45) is 5.10 Å². The molecule has 0 radical (unpaired) electrons. The fraction of sp³-hybridized carbons (Fsp3) is 0.0667. The minimum Gasteiger partial charge on any atom is -0.423 e. The minimum absolute atomic E-state index is 0.0835. The number of nitrogens with one attached hydrogen (secondary N) is 2. The summed E-state index contributed by atoms with van der Waals surface area (Å²) in [6, 6.07) is 30.3. The number of hydrogen-bond acceptors (Lipinski definition) is 5. The van der Waals surface area contributed by atoms with Crippen LogP contribution in [0, 0.1) is 5.82 Å². The second-order valence-corrected chi connectivity index (χ2v) is 8.24. The molecule has 0 spiro atoms. The molecule has 8 heteroatoms. The first-order valence-electron chi connectivity index (χ1n) is 11.8. The van der Waals surface area contributed by atoms with Crippen LogP contribution in [0.15, 0.2) is 114 Å². The fourth-order valence-corrected chi connectivity index (χ4v) is 3.71. The molecule has 0 unspecified atom stereocenters. The van der Waals surface area contributed by atoms with Crippen LogP contribution < -0.4 is 15.5 Å². The predicted octanol–water partition coefficient (Wildman–Crippen LogP) is 4.44. The quantitative estimate of drug-likeness (QED) is 0.151. The van der Waals surface area contributed by atoms with E-state index < -0.39 is 23.6 Å². The van der Waals surface area contributed by atoms with Gasteiger partial charge in [-0.05, 0) is 47.0 Å². The molecule has 0 bridgehead atoms. The fourth-order valence-electron chi connectivity index (χ4n) is 3.71. The summed E-state index contributed by atoms with van der Waals surface area (Å²) in [6.07, 6.45) is 1.37. The number of hydrogen-bond donors (Lipinski definition) is 2. The van der Waals surface area contributed by atoms with Crippen molar-refractivity contribution in [3.05, 3.63) is 137 Å². The average Bonchev–Trinajstić information content (AvgIpc) is 2.93. The zero-order chi connectivity index (χ0) is 26.7. The third-order valence-corrected chi connectivity index (χ3v) is 5.48. The summed E-state index contributed by atoms with van der Waals surface area (Å²) >= 11 is 0. The van der Waals surface area contributed by atoms with Gasteiger partial charge in [0.05, 0.1) is 24.2 Å². The monoisotopic (exact) mass is 509 g/mol. The van der Waals surface area contributed by atoms with Crippen LogP contribution in [-0.4, -0.2) is 30.5 Å². The number of benzene rings is 4. The third-order valence-electron chi connectivity index (χ3n) is 5.48. The number of rotatable bonds is 9. The molecule has 38 heavy (non-hydrogen) atoms. The van der Waals surface area contributed by atoms with E-state index in [-0.39, 0.29) is 23.8 Å². The first-order valence-corrected chi connectivity index (χ1v) is 11.8. The SMILES string of the molecule is O=C(CNC(=O)C(c1ccccc1)c1ccccc1)NN=Cc1cccc(OC(=O)c2cccc(F)c2)c1. The number of carbonyl (C=O) groups excluding carboxylic acids is 3. The molecular formula is C30H24FN3O4. The Bertz CT molecular complexity index is 1400. The first-order chi connectivity index (χ1) is 18.5. The lowest BCUT2D eigenvalue weighted by Gasteiger charge is -2.17. The Balaban J connectivity index is 1.32. The van der Waals surface area contributed by atoms with Gasteiger partial charge >= 0.3 is 5.97 Å². The molecule has 0 aliphatic heterocycles. The van der Waals surface area contributed by atoms with Crippen LogP contribution in [0.2, 0.25) is 0 Å². The van der Waals surface area contributed by atoms with Crippen LogP contribution in [0.4, 0.5) is 4.39 Å². The molecule has 2 amide bonds. The molecule has 4 aromatic carbocycles. The molecular weight excluding hydrogens is 485 g/mol. The van der Waals surface area contributed by atoms with Crippen molar-refractivity contribution in [3.8, 4) is 5.75 Å². The zero-order valence-electron chi connectivity index (χ0n) is 20.2. The number of carbonyl (C=O) groups is 3. The molecule has 2 N–H and O–H groups in total. The Morgan fingerprint density at radius 2 is 1.47 bits per heavy atom. The maximum absolute atomic E-state index is 13.3. The van der Waals surface area contributed by atoms with E-state index >= 15 is 0 Å². The van der Waals surface area contributed by atoms with Gasteiger partial charge < -0.3 is 10.1 Å². The highest BCUT2D eigenvalue weighted by Crippen LogP contribution is 2.24. The Morgan fingerprint density at radius 1 is 0.816 bits per heavy atom. The maximum atomic E-state index is 13.3. The second-order valence-electron chi connectivity index (χ2n) is 8.24. The summed E-state index contributed by atoms with van der Waals surface area (Å²) in [5.74, 6) is -2.39. The van der Waals surface area contributed by atoms with Gasteiger partial charge in [0.25, 0.3) is 5.91 Å². The van der Waals surface area contributed by atoms with Crippen LogP contribution in [0.5, 0.6) is 5.75 Å². The van der Waals surface area contributed by atoms with Gasteiger partial charge in [0, 0.05) is 0 Å². The molecule has 0 atom stereocenters. The lowest BCUT2D eigenvalue weighted by atomic mass is 9.90. The average molecular weight is 510 g/mol. The molecule has 4 aromatic rings. The highest BCUT2D eigenvalue weighted by Gasteiger charge is 2.22. The Hall–Kier alpha value is -5.11. The molecule has 0 saturated heterocycles. The van der Waals surface area contributed by atoms with Crippen molar-refractivity contribution in [2.75, 3.05) is 6.54 Å². The first kappa shape index (κ1) is 26.0. The summed E-state index contributed by atoms with van der Waals surface area (Å²) in [5, 5.41) is 6.57. The Morgan fingerprint density at radius 3 is 2.13 bits per heavy atom. The van der Waals surface area contributed by atoms with Gasteiger partial charge in [0.1, 0.15) is 11.6 Å². The molecule has 4 rings (SSSR count). The van der Waals surface area contributed by atoms with Crippen molar-refractivity contribution >= 4 is 24.0 Å². The topological polar surface area (TPSA) is 96.9 Å². The summed E-state index contributed by atoms with van der Waals surface area (Å²) in [4.78, 5) is 37.5. The van der Waals surface area contributed by atoms with Gasteiger partial charge in [-0.3, -0.25) is 9.59 Å². The van der Waals surface area contributed by atoms with Crippen LogP contribution in [0.25, 0.3) is 0 Å². The highest BCUT2D eigenvalue weighted by atomic mass is 19.1. The third kappa shape index (κ3) is 7.20. The molecule has 0 aromatic heterocycles. The molecule has 0 aliphatic carbocycles. The van der Waals surface area contributed by atoms with E-state index in [0.717, 1.165) is 17.2 Å². The van der Waals surface area contributed by atoms with Crippen LogP contribution in [0.3, 0.4) is 0 Å². The van der Waals surface area contributed by atoms with Gasteiger partial charge in [-0.15, -0.1) is 0 Å². The largest absolute Gasteiger partial charge is 0.423 e. The van der Waals surface area contributed by atoms with E-state index in [0.29, 0.717) is 5.56 Å². The second kappa shape index (κ2) is 12.7. The highest BCUT2D eigenvalue weighted by molar-refractivity contribution is 5.92. The summed E-state index contributed by atoms with van der Waals surface area (Å²) in [7, 11) is 0. The van der Waals surface area contributed by atoms with Crippen LogP contribution >= 0.6 is 0 Å². The minimum atomic E-state index is -0.702. The normalized spacial score (nSPS) is 10.8. The Kier molecular flexibility index (Phi) is 8.70. The van der Waals surface area contributed by atoms with Crippen LogP contribution in [-0.2, 0) is 9.59 Å². The van der Waals surface area contributed by atoms with E-state index in [1.54, 1.807) is 24.3 Å². The van der Waals surface area contributed by atoms with Crippen molar-refractivity contribution in [1.29, 1.82) is 0 Å². The lowest BCUT2D eigenvalue weighted by molar-refractivity contribution is -0.126. The zero-order valence-corrected chi connectivity index (χ0v) is 20.2. The molecule has 0 fully saturated rings. The van der Waals surface area contributed by atoms with E-state index in [1.807, 2.05) is 60.7 Å². The van der Waals surface area contributed by atoms with Gasteiger partial charge in [-0.1, -0.05) is 78.9 Å². The van der Waals surface area contributed by atoms with Crippen molar-refractivity contribution in [3.63, 3.8) is 0 Å². The van der Waals surface area contributed by atoms with Crippen LogP contribution in [0.1, 0.15) is 33.0 Å². The standard InChI is InChI=1S/C30H24FN3O4/c31-25-15-8-14-24(18-25)30(37)38-26-16-7-9-21(17-26)19-33-34-27(35)20-32-29(36)28(22-10-3-1-4-11-22)23-12-5-2-6-13-23/h1-19,28H,20H2,(H,32,36)(H,34,35). The lowest BCUT2D eigenvalue weighted by Crippen LogP contribution is -2.37. The number of halogens is 1. The number of amides is 2. The maximum Gasteiger partial charge on any atom is 0.343 e. The summed E-state index contributed by atoms with van der Waals surface area (Å²) < 4.78 is 18.6.